The fourth-order valence-electron chi connectivity index (χ4n) is 3.20. The summed E-state index contributed by atoms with van der Waals surface area (Å²) in [5.74, 6) is -2.11. The molecule has 0 amide bonds. The van der Waals surface area contributed by atoms with Gasteiger partial charge in [-0.15, -0.1) is 0 Å². The molecule has 5 heteroatoms. The van der Waals surface area contributed by atoms with Gasteiger partial charge in [0.2, 0.25) is 0 Å². The van der Waals surface area contributed by atoms with E-state index < -0.39 is 11.4 Å². The molecule has 0 bridgehead atoms. The van der Waals surface area contributed by atoms with E-state index in [0.29, 0.717) is 0 Å². The van der Waals surface area contributed by atoms with Crippen LogP contribution in [0.25, 0.3) is 0 Å². The average molecular weight is 542 g/mol. The van der Waals surface area contributed by atoms with Crippen LogP contribution in [0, 0.1) is 0 Å². The van der Waals surface area contributed by atoms with Gasteiger partial charge in [-0.3, -0.25) is 0 Å². The molecule has 0 saturated heterocycles. The zero-order valence-electron chi connectivity index (χ0n) is 15.7. The normalized spacial score (nSPS) is 11.8. The SMILES string of the molecule is [Se]P(=NP(=[Se])(c1ccccc1)c1ccccc1)(c1ccccc1)c1ccccc1. The maximum absolute atomic E-state index is 5.73. The van der Waals surface area contributed by atoms with E-state index >= 15 is 0 Å². The molecule has 29 heavy (non-hydrogen) atoms. The molecule has 0 aromatic heterocycles. The Morgan fingerprint density at radius 2 is 0.724 bits per heavy atom. The van der Waals surface area contributed by atoms with Gasteiger partial charge in [0.05, 0.1) is 0 Å². The molecule has 0 saturated carbocycles. The monoisotopic (exact) mass is 544 g/mol. The van der Waals surface area contributed by atoms with Crippen molar-refractivity contribution < 1.29 is 0 Å². The predicted octanol–water partition coefficient (Wildman–Crippen LogP) is 4.59. The van der Waals surface area contributed by atoms with Crippen LogP contribution in [0.1, 0.15) is 0 Å². The minimum atomic E-state index is -2.11. The van der Waals surface area contributed by atoms with Crippen molar-refractivity contribution in [3.63, 3.8) is 0 Å². The fourth-order valence-corrected chi connectivity index (χ4v) is 18.5. The Labute approximate surface area is 188 Å². The summed E-state index contributed by atoms with van der Waals surface area (Å²) >= 11 is 7.14. The van der Waals surface area contributed by atoms with E-state index in [4.69, 9.17) is 4.52 Å². The molecule has 1 radical (unpaired) electrons. The van der Waals surface area contributed by atoms with Gasteiger partial charge < -0.3 is 0 Å². The predicted molar refractivity (Wildman–Crippen MR) is 132 cm³/mol. The van der Waals surface area contributed by atoms with Gasteiger partial charge in [-0.05, 0) is 0 Å². The van der Waals surface area contributed by atoms with Crippen LogP contribution in [0.2, 0.25) is 0 Å². The Bertz CT molecular complexity index is 1090. The van der Waals surface area contributed by atoms with Crippen LogP contribution in [0.4, 0.5) is 0 Å². The zero-order valence-corrected chi connectivity index (χ0v) is 20.9. The van der Waals surface area contributed by atoms with Gasteiger partial charge in [0, 0.05) is 0 Å². The number of hydrogen-bond acceptors (Lipinski definition) is 1. The van der Waals surface area contributed by atoms with Crippen LogP contribution in [0.3, 0.4) is 0 Å². The first kappa shape index (κ1) is 20.8. The van der Waals surface area contributed by atoms with Crippen molar-refractivity contribution in [1.29, 1.82) is 0 Å². The van der Waals surface area contributed by atoms with Gasteiger partial charge in [-0.25, -0.2) is 0 Å². The molecule has 0 unspecified atom stereocenters. The fraction of sp³-hybridized carbons (Fsp3) is 0. The van der Waals surface area contributed by atoms with Crippen LogP contribution in [0.5, 0.6) is 0 Å². The van der Waals surface area contributed by atoms with Crippen molar-refractivity contribution in [3.8, 4) is 0 Å². The summed E-state index contributed by atoms with van der Waals surface area (Å²) in [4.78, 5) is 0. The first-order valence-corrected chi connectivity index (χ1v) is 17.2. The van der Waals surface area contributed by atoms with Gasteiger partial charge in [0.15, 0.2) is 0 Å². The number of hydrogen-bond donors (Lipinski definition) is 0. The molecule has 4 aromatic rings. The summed E-state index contributed by atoms with van der Waals surface area (Å²) in [6.07, 6.45) is 0. The van der Waals surface area contributed by atoms with E-state index in [9.17, 15) is 0 Å². The molecular formula is C24H20NP2Se2. The molecular weight excluding hydrogens is 522 g/mol. The maximum atomic E-state index is 5.73. The summed E-state index contributed by atoms with van der Waals surface area (Å²) in [5, 5.41) is 4.99. The third-order valence-electron chi connectivity index (χ3n) is 4.68. The van der Waals surface area contributed by atoms with Crippen molar-refractivity contribution in [3.05, 3.63) is 121 Å². The van der Waals surface area contributed by atoms with Gasteiger partial charge in [-0.1, -0.05) is 0 Å². The molecule has 143 valence electrons. The van der Waals surface area contributed by atoms with Crippen molar-refractivity contribution in [1.82, 2.24) is 0 Å². The second-order valence-electron chi connectivity index (χ2n) is 6.58. The standard InChI is InChI=1S/C24H20NP2Se2/c28-26(21-13-5-1-6-14-21,22-15-7-2-8-16-22)25-27(29,23-17-9-3-10-18-23)24-19-11-4-12-20-24/h1-20H. The van der Waals surface area contributed by atoms with Gasteiger partial charge in [0.1, 0.15) is 0 Å². The van der Waals surface area contributed by atoms with E-state index in [1.807, 2.05) is 0 Å². The zero-order chi connectivity index (χ0) is 20.2. The number of benzene rings is 4. The molecule has 0 aliphatic carbocycles. The Balaban J connectivity index is 2.06. The summed E-state index contributed by atoms with van der Waals surface area (Å²) in [7, 11) is 0. The minimum absolute atomic E-state index is 1.25. The van der Waals surface area contributed by atoms with Crippen LogP contribution >= 0.6 is 11.4 Å². The Kier molecular flexibility index (Phi) is 6.58. The molecule has 0 aliphatic rings. The van der Waals surface area contributed by atoms with E-state index in [1.165, 1.54) is 21.2 Å². The molecule has 0 heterocycles. The third-order valence-corrected chi connectivity index (χ3v) is 18.8. The number of rotatable bonds is 5. The average Bonchev–Trinajstić information content (AvgIpc) is 2.81. The molecule has 1 nitrogen and oxygen atoms in total. The van der Waals surface area contributed by atoms with E-state index in [1.54, 1.807) is 0 Å². The first-order chi connectivity index (χ1) is 14.1. The van der Waals surface area contributed by atoms with Gasteiger partial charge in [0.25, 0.3) is 0 Å². The summed E-state index contributed by atoms with van der Waals surface area (Å²) in [5.41, 5.74) is -2.11. The molecule has 4 rings (SSSR count). The molecule has 0 spiro atoms. The van der Waals surface area contributed by atoms with Crippen molar-refractivity contribution in [2.75, 3.05) is 0 Å². The number of nitrogens with zero attached hydrogens (tertiary/aromatic N) is 1. The summed E-state index contributed by atoms with van der Waals surface area (Å²) in [6, 6.07) is 42.6. The van der Waals surface area contributed by atoms with Crippen molar-refractivity contribution >= 4 is 63.3 Å². The summed E-state index contributed by atoms with van der Waals surface area (Å²) in [6.45, 7) is 0. The van der Waals surface area contributed by atoms with Gasteiger partial charge in [-0.2, -0.15) is 0 Å². The van der Waals surface area contributed by atoms with Crippen LogP contribution < -0.4 is 21.2 Å². The van der Waals surface area contributed by atoms with Crippen LogP contribution in [-0.2, 0) is 0 Å². The van der Waals surface area contributed by atoms with E-state index in [0.717, 1.165) is 0 Å². The summed E-state index contributed by atoms with van der Waals surface area (Å²) < 4.78 is 5.73. The second-order valence-corrected chi connectivity index (χ2v) is 18.3. The van der Waals surface area contributed by atoms with Crippen molar-refractivity contribution in [2.45, 2.75) is 0 Å². The molecule has 0 aliphatic heterocycles. The topological polar surface area (TPSA) is 12.4 Å². The second kappa shape index (κ2) is 9.16. The van der Waals surface area contributed by atoms with Gasteiger partial charge >= 0.3 is 189 Å². The Morgan fingerprint density at radius 1 is 0.448 bits per heavy atom. The van der Waals surface area contributed by atoms with E-state index in [-0.39, 0.29) is 0 Å². The molecule has 0 fully saturated rings. The molecule has 0 N–H and O–H groups in total. The molecule has 0 atom stereocenters. The van der Waals surface area contributed by atoms with Crippen molar-refractivity contribution in [2.24, 2.45) is 4.52 Å². The quantitative estimate of drug-likeness (QED) is 0.259. The Hall–Kier alpha value is -1.42. The van der Waals surface area contributed by atoms with Crippen LogP contribution in [-0.4, -0.2) is 30.7 Å². The van der Waals surface area contributed by atoms with E-state index in [2.05, 4.69) is 152 Å². The first-order valence-electron chi connectivity index (χ1n) is 9.30. The van der Waals surface area contributed by atoms with Crippen LogP contribution in [0.15, 0.2) is 126 Å². The Morgan fingerprint density at radius 3 is 1.03 bits per heavy atom. The molecule has 4 aromatic carbocycles. The third kappa shape index (κ3) is 4.38.